The maximum Gasteiger partial charge on any atom is 0.270 e. The van der Waals surface area contributed by atoms with Crippen LogP contribution in [0.25, 0.3) is 0 Å². The van der Waals surface area contributed by atoms with Gasteiger partial charge in [0.15, 0.2) is 0 Å². The largest absolute Gasteiger partial charge is 0.365 e. The van der Waals surface area contributed by atoms with E-state index in [-0.39, 0.29) is 0 Å². The topological polar surface area (TPSA) is 78.4 Å². The highest BCUT2D eigenvalue weighted by Crippen LogP contribution is 1.97. The predicted octanol–water partition coefficient (Wildman–Crippen LogP) is -0.243. The maximum atomic E-state index is 11.3. The third-order valence-corrected chi connectivity index (χ3v) is 1.90. The highest BCUT2D eigenvalue weighted by Gasteiger charge is 2.14. The third kappa shape index (κ3) is 4.10. The second-order valence-electron chi connectivity index (χ2n) is 3.31. The zero-order valence-corrected chi connectivity index (χ0v) is 8.93. The van der Waals surface area contributed by atoms with Crippen molar-refractivity contribution in [2.24, 2.45) is 0 Å². The summed E-state index contributed by atoms with van der Waals surface area (Å²) in [6, 6.07) is 9.28. The van der Waals surface area contributed by atoms with Crippen LogP contribution < -0.4 is 10.6 Å². The van der Waals surface area contributed by atoms with E-state index in [0.717, 1.165) is 5.56 Å². The standard InChI is InChI=1S/C11H14N2O3/c1-8(14)13-11(16)10(15)12-7-9-5-3-2-4-6-9/h2-6,11,16H,7H2,1H3,(H,12,15)(H,13,14). The van der Waals surface area contributed by atoms with Crippen LogP contribution in [0, 0.1) is 0 Å². The molecule has 0 heterocycles. The Balaban J connectivity index is 2.38. The van der Waals surface area contributed by atoms with Crippen LogP contribution in [0.15, 0.2) is 30.3 Å². The van der Waals surface area contributed by atoms with Gasteiger partial charge in [-0.15, -0.1) is 0 Å². The number of aliphatic hydroxyl groups excluding tert-OH is 1. The minimum absolute atomic E-state index is 0.316. The number of benzene rings is 1. The molecule has 5 nitrogen and oxygen atoms in total. The molecule has 0 radical (unpaired) electrons. The molecule has 1 aromatic carbocycles. The van der Waals surface area contributed by atoms with Crippen LogP contribution in [-0.4, -0.2) is 23.1 Å². The summed E-state index contributed by atoms with van der Waals surface area (Å²) in [6.45, 7) is 1.55. The highest BCUT2D eigenvalue weighted by molar-refractivity contribution is 5.85. The molecule has 0 aliphatic rings. The molecule has 1 rings (SSSR count). The molecule has 16 heavy (non-hydrogen) atoms. The number of amides is 2. The molecule has 2 amide bonds. The van der Waals surface area contributed by atoms with Crippen LogP contribution in [0.3, 0.4) is 0 Å². The Morgan fingerprint density at radius 3 is 2.50 bits per heavy atom. The summed E-state index contributed by atoms with van der Waals surface area (Å²) in [5, 5.41) is 13.8. The summed E-state index contributed by atoms with van der Waals surface area (Å²) >= 11 is 0. The summed E-state index contributed by atoms with van der Waals surface area (Å²) in [5.74, 6) is -1.08. The van der Waals surface area contributed by atoms with E-state index in [0.29, 0.717) is 6.54 Å². The summed E-state index contributed by atoms with van der Waals surface area (Å²) in [7, 11) is 0. The molecule has 0 spiro atoms. The lowest BCUT2D eigenvalue weighted by Crippen LogP contribution is -2.45. The molecule has 0 bridgehead atoms. The van der Waals surface area contributed by atoms with E-state index in [4.69, 9.17) is 0 Å². The van der Waals surface area contributed by atoms with Crippen molar-refractivity contribution in [2.75, 3.05) is 0 Å². The third-order valence-electron chi connectivity index (χ3n) is 1.90. The van der Waals surface area contributed by atoms with E-state index in [1.807, 2.05) is 30.3 Å². The van der Waals surface area contributed by atoms with Gasteiger partial charge in [-0.2, -0.15) is 0 Å². The van der Waals surface area contributed by atoms with E-state index in [1.54, 1.807) is 0 Å². The fourth-order valence-corrected chi connectivity index (χ4v) is 1.14. The van der Waals surface area contributed by atoms with Gasteiger partial charge in [-0.3, -0.25) is 9.59 Å². The molecule has 0 aromatic heterocycles. The lowest BCUT2D eigenvalue weighted by molar-refractivity contribution is -0.136. The monoisotopic (exact) mass is 222 g/mol. The number of carbonyl (C=O) groups excluding carboxylic acids is 2. The minimum Gasteiger partial charge on any atom is -0.365 e. The number of hydrogen-bond acceptors (Lipinski definition) is 3. The van der Waals surface area contributed by atoms with Crippen LogP contribution in [0.5, 0.6) is 0 Å². The van der Waals surface area contributed by atoms with Crippen molar-refractivity contribution in [1.29, 1.82) is 0 Å². The van der Waals surface area contributed by atoms with Gasteiger partial charge in [0.2, 0.25) is 12.1 Å². The van der Waals surface area contributed by atoms with Crippen molar-refractivity contribution in [3.63, 3.8) is 0 Å². The van der Waals surface area contributed by atoms with Gasteiger partial charge in [0.1, 0.15) is 0 Å². The zero-order valence-electron chi connectivity index (χ0n) is 8.93. The lowest BCUT2D eigenvalue weighted by atomic mass is 10.2. The van der Waals surface area contributed by atoms with Crippen LogP contribution in [-0.2, 0) is 16.1 Å². The summed E-state index contributed by atoms with van der Waals surface area (Å²) < 4.78 is 0. The molecule has 3 N–H and O–H groups in total. The van der Waals surface area contributed by atoms with Gasteiger partial charge in [-0.05, 0) is 5.56 Å². The number of carbonyl (C=O) groups is 2. The second-order valence-corrected chi connectivity index (χ2v) is 3.31. The van der Waals surface area contributed by atoms with Crippen LogP contribution in [0.4, 0.5) is 0 Å². The van der Waals surface area contributed by atoms with Gasteiger partial charge in [-0.25, -0.2) is 0 Å². The summed E-state index contributed by atoms with van der Waals surface area (Å²) in [6.07, 6.45) is -1.50. The number of rotatable bonds is 4. The lowest BCUT2D eigenvalue weighted by Gasteiger charge is -2.11. The average molecular weight is 222 g/mol. The van der Waals surface area contributed by atoms with Crippen LogP contribution >= 0.6 is 0 Å². The Hall–Kier alpha value is -1.88. The van der Waals surface area contributed by atoms with Gasteiger partial charge in [0, 0.05) is 13.5 Å². The fourth-order valence-electron chi connectivity index (χ4n) is 1.14. The quantitative estimate of drug-likeness (QED) is 0.615. The number of nitrogens with one attached hydrogen (secondary N) is 2. The SMILES string of the molecule is CC(=O)NC(O)C(=O)NCc1ccccc1. The molecule has 0 saturated carbocycles. The van der Waals surface area contributed by atoms with Gasteiger partial charge >= 0.3 is 0 Å². The summed E-state index contributed by atoms with van der Waals surface area (Å²) in [4.78, 5) is 21.9. The van der Waals surface area contributed by atoms with Gasteiger partial charge in [0.05, 0.1) is 0 Å². The van der Waals surface area contributed by atoms with E-state index in [2.05, 4.69) is 10.6 Å². The molecule has 1 unspecified atom stereocenters. The van der Waals surface area contributed by atoms with Crippen molar-refractivity contribution >= 4 is 11.8 Å². The Labute approximate surface area is 93.5 Å². The van der Waals surface area contributed by atoms with Crippen LogP contribution in [0.1, 0.15) is 12.5 Å². The molecular weight excluding hydrogens is 208 g/mol. The van der Waals surface area contributed by atoms with E-state index in [1.165, 1.54) is 6.92 Å². The molecule has 0 aliphatic heterocycles. The molecule has 5 heteroatoms. The maximum absolute atomic E-state index is 11.3. The molecule has 0 aliphatic carbocycles. The molecule has 1 aromatic rings. The van der Waals surface area contributed by atoms with Crippen molar-refractivity contribution in [2.45, 2.75) is 19.7 Å². The normalized spacial score (nSPS) is 11.6. The first-order chi connectivity index (χ1) is 7.59. The Bertz CT molecular complexity index is 365. The van der Waals surface area contributed by atoms with E-state index in [9.17, 15) is 14.7 Å². The molecular formula is C11H14N2O3. The summed E-state index contributed by atoms with van der Waals surface area (Å²) in [5.41, 5.74) is 0.922. The average Bonchev–Trinajstić information content (AvgIpc) is 2.26. The van der Waals surface area contributed by atoms with E-state index >= 15 is 0 Å². The Morgan fingerprint density at radius 1 is 1.31 bits per heavy atom. The smallest absolute Gasteiger partial charge is 0.270 e. The molecule has 86 valence electrons. The first-order valence-electron chi connectivity index (χ1n) is 4.86. The number of hydrogen-bond donors (Lipinski definition) is 3. The zero-order chi connectivity index (χ0) is 12.0. The van der Waals surface area contributed by atoms with Crippen molar-refractivity contribution in [3.8, 4) is 0 Å². The van der Waals surface area contributed by atoms with Crippen LogP contribution in [0.2, 0.25) is 0 Å². The number of aliphatic hydroxyl groups is 1. The predicted molar refractivity (Wildman–Crippen MR) is 58.1 cm³/mol. The molecule has 0 saturated heterocycles. The Morgan fingerprint density at radius 2 is 1.94 bits per heavy atom. The highest BCUT2D eigenvalue weighted by atomic mass is 16.3. The van der Waals surface area contributed by atoms with E-state index < -0.39 is 18.0 Å². The molecule has 0 fully saturated rings. The first kappa shape index (κ1) is 12.2. The van der Waals surface area contributed by atoms with Gasteiger partial charge in [-0.1, -0.05) is 30.3 Å². The first-order valence-corrected chi connectivity index (χ1v) is 4.86. The fraction of sp³-hybridized carbons (Fsp3) is 0.273. The molecule has 1 atom stereocenters. The minimum atomic E-state index is -1.50. The van der Waals surface area contributed by atoms with Crippen molar-refractivity contribution < 1.29 is 14.7 Å². The Kier molecular flexibility index (Phi) is 4.47. The van der Waals surface area contributed by atoms with Crippen molar-refractivity contribution in [3.05, 3.63) is 35.9 Å². The second kappa shape index (κ2) is 5.87. The van der Waals surface area contributed by atoms with Gasteiger partial charge < -0.3 is 15.7 Å². The van der Waals surface area contributed by atoms with Crippen molar-refractivity contribution in [1.82, 2.24) is 10.6 Å². The van der Waals surface area contributed by atoms with Gasteiger partial charge in [0.25, 0.3) is 5.91 Å².